The number of nitrogens with zero attached hydrogens (tertiary/aromatic N) is 8. The summed E-state index contributed by atoms with van der Waals surface area (Å²) >= 11 is 0.678. The molecule has 11 nitrogen and oxygen atoms in total. The van der Waals surface area contributed by atoms with Crippen molar-refractivity contribution in [1.29, 1.82) is 5.26 Å². The van der Waals surface area contributed by atoms with Gasteiger partial charge in [-0.25, -0.2) is 18.2 Å². The third-order valence-corrected chi connectivity index (χ3v) is 11.5. The summed E-state index contributed by atoms with van der Waals surface area (Å²) in [5.41, 5.74) is 2.23. The summed E-state index contributed by atoms with van der Waals surface area (Å²) in [6.07, 6.45) is -3.79. The first-order valence-corrected chi connectivity index (χ1v) is 17.7. The van der Waals surface area contributed by atoms with Crippen LogP contribution in [0.4, 0.5) is 37.2 Å². The Kier molecular flexibility index (Phi) is 8.48. The molecule has 0 spiro atoms. The maximum atomic E-state index is 17.2. The number of ether oxygens (including phenoxy) is 1. The largest absolute Gasteiger partial charge is 0.461 e. The monoisotopic (exact) mass is 757 g/mol. The Balaban J connectivity index is 1.32. The molecule has 2 saturated heterocycles. The molecule has 0 bridgehead atoms. The summed E-state index contributed by atoms with van der Waals surface area (Å²) < 4.78 is 99.7. The van der Waals surface area contributed by atoms with Gasteiger partial charge in [-0.05, 0) is 51.2 Å². The number of hydrogen-bond acceptors (Lipinski definition) is 11. The number of aliphatic hydroxyl groups is 1. The van der Waals surface area contributed by atoms with Crippen molar-refractivity contribution in [1.82, 2.24) is 29.3 Å². The normalized spacial score (nSPS) is 21.1. The zero-order valence-corrected chi connectivity index (χ0v) is 29.3. The Labute approximate surface area is 302 Å². The fraction of sp³-hybridized carbons (Fsp3) is 0.429. The molecular formula is C35H33F6N9O2S. The van der Waals surface area contributed by atoms with Crippen LogP contribution < -0.4 is 15.4 Å². The quantitative estimate of drug-likeness (QED) is 0.151. The summed E-state index contributed by atoms with van der Waals surface area (Å²) in [5.74, 6) is -1.78. The van der Waals surface area contributed by atoms with Crippen LogP contribution in [-0.4, -0.2) is 86.5 Å². The molecule has 3 atom stereocenters. The number of benzene rings is 2. The number of hydrogen-bond donors (Lipinski definition) is 2. The van der Waals surface area contributed by atoms with Gasteiger partial charge in [0.1, 0.15) is 52.5 Å². The van der Waals surface area contributed by atoms with E-state index in [-0.39, 0.29) is 76.1 Å². The van der Waals surface area contributed by atoms with Gasteiger partial charge in [0.15, 0.2) is 12.0 Å². The molecule has 0 aliphatic carbocycles. The van der Waals surface area contributed by atoms with Crippen LogP contribution in [0.3, 0.4) is 0 Å². The predicted octanol–water partition coefficient (Wildman–Crippen LogP) is 5.99. The Bertz CT molecular complexity index is 2320. The van der Waals surface area contributed by atoms with Crippen molar-refractivity contribution in [2.75, 3.05) is 51.0 Å². The number of nitrogen functional groups attached to an aromatic ring is 1. The second kappa shape index (κ2) is 12.7. The zero-order chi connectivity index (χ0) is 37.6. The van der Waals surface area contributed by atoms with Gasteiger partial charge in [-0.15, -0.1) is 11.3 Å². The van der Waals surface area contributed by atoms with E-state index < -0.39 is 52.4 Å². The zero-order valence-electron chi connectivity index (χ0n) is 28.5. The first kappa shape index (κ1) is 35.3. The number of nitriles is 1. The van der Waals surface area contributed by atoms with Gasteiger partial charge in [0, 0.05) is 48.6 Å². The second-order valence-corrected chi connectivity index (χ2v) is 15.0. The lowest BCUT2D eigenvalue weighted by Gasteiger charge is -2.32. The topological polar surface area (TPSA) is 133 Å². The lowest BCUT2D eigenvalue weighted by atomic mass is 9.92. The van der Waals surface area contributed by atoms with Crippen molar-refractivity contribution < 1.29 is 36.2 Å². The number of nitrogens with two attached hydrogens (primary N) is 1. The van der Waals surface area contributed by atoms with Crippen LogP contribution in [0.1, 0.15) is 48.1 Å². The number of aromatic nitrogens is 4. The molecule has 3 aliphatic rings. The molecule has 3 unspecified atom stereocenters. The highest BCUT2D eigenvalue weighted by molar-refractivity contribution is 7.23. The van der Waals surface area contributed by atoms with Crippen LogP contribution in [0.2, 0.25) is 0 Å². The highest BCUT2D eigenvalue weighted by Crippen LogP contribution is 2.48. The first-order chi connectivity index (χ1) is 25.2. The lowest BCUT2D eigenvalue weighted by molar-refractivity contribution is -0.137. The summed E-state index contributed by atoms with van der Waals surface area (Å²) in [6.45, 7) is 1.48. The van der Waals surface area contributed by atoms with Crippen molar-refractivity contribution in [2.45, 2.75) is 56.5 Å². The van der Waals surface area contributed by atoms with Gasteiger partial charge in [-0.3, -0.25) is 9.80 Å². The van der Waals surface area contributed by atoms with Gasteiger partial charge in [0.2, 0.25) is 0 Å². The van der Waals surface area contributed by atoms with E-state index in [1.54, 1.807) is 30.1 Å². The van der Waals surface area contributed by atoms with Crippen LogP contribution in [0, 0.1) is 23.0 Å². The minimum atomic E-state index is -5.13. The molecule has 8 rings (SSSR count). The van der Waals surface area contributed by atoms with Crippen LogP contribution >= 0.6 is 11.3 Å². The molecule has 278 valence electrons. The van der Waals surface area contributed by atoms with E-state index in [1.807, 2.05) is 15.5 Å². The number of aliphatic hydroxyl groups excluding tert-OH is 1. The molecule has 3 aliphatic heterocycles. The van der Waals surface area contributed by atoms with E-state index >= 15 is 17.6 Å². The average Bonchev–Trinajstić information content (AvgIpc) is 3.87. The fourth-order valence-electron chi connectivity index (χ4n) is 7.98. The number of thiophene rings is 1. The van der Waals surface area contributed by atoms with Gasteiger partial charge in [-0.1, -0.05) is 6.07 Å². The highest BCUT2D eigenvalue weighted by Gasteiger charge is 2.49. The number of halogens is 6. The van der Waals surface area contributed by atoms with Gasteiger partial charge >= 0.3 is 12.2 Å². The second-order valence-electron chi connectivity index (χ2n) is 14.0. The standard InChI is InChI=1S/C35H33F6N9O2S/c1-47(2)32(51)23-14-48-8-9-49(15-24(48)44-23)31-19-10-21(35(39,40)41)26(18-4-5-22(37)29-25(18)20(12-42)30(43)53-29)27(38)28(19)45-33(46-31)52-16-34-6-3-7-50(34)13-17(36)11-34/h4-5,10,14,17,32,51H,3,6-9,11,13,15-16,43H2,1-2H3. The van der Waals surface area contributed by atoms with Gasteiger partial charge in [-0.2, -0.15) is 28.4 Å². The average molecular weight is 758 g/mol. The SMILES string of the molecule is CN(C)C(O)c1cn2c(n1)CN(c1nc(OCC34CCCN3CC(F)C4)nc3c(F)c(-c4ccc(F)c5sc(N)c(C#N)c45)c(C(F)(F)F)cc13)CC2. The van der Waals surface area contributed by atoms with Gasteiger partial charge < -0.3 is 25.0 Å². The van der Waals surface area contributed by atoms with Gasteiger partial charge in [0.05, 0.1) is 27.9 Å². The maximum absolute atomic E-state index is 17.2. The highest BCUT2D eigenvalue weighted by atomic mass is 32.1. The predicted molar refractivity (Wildman–Crippen MR) is 185 cm³/mol. The molecule has 0 amide bonds. The minimum absolute atomic E-state index is 0.0258. The Morgan fingerprint density at radius 2 is 1.98 bits per heavy atom. The van der Waals surface area contributed by atoms with E-state index in [9.17, 15) is 19.1 Å². The smallest absolute Gasteiger partial charge is 0.417 e. The molecule has 18 heteroatoms. The third kappa shape index (κ3) is 5.81. The first-order valence-electron chi connectivity index (χ1n) is 16.9. The van der Waals surface area contributed by atoms with E-state index in [4.69, 9.17) is 10.5 Å². The fourth-order valence-corrected chi connectivity index (χ4v) is 8.93. The Morgan fingerprint density at radius 1 is 1.19 bits per heavy atom. The van der Waals surface area contributed by atoms with Crippen molar-refractivity contribution >= 4 is 43.1 Å². The van der Waals surface area contributed by atoms with Crippen molar-refractivity contribution in [2.24, 2.45) is 0 Å². The van der Waals surface area contributed by atoms with Crippen LogP contribution in [-0.2, 0) is 19.3 Å². The van der Waals surface area contributed by atoms with Crippen molar-refractivity contribution in [3.05, 3.63) is 58.7 Å². The number of imidazole rings is 1. The summed E-state index contributed by atoms with van der Waals surface area (Å²) in [7, 11) is 3.36. The summed E-state index contributed by atoms with van der Waals surface area (Å²) in [5, 5.41) is 19.8. The molecule has 6 heterocycles. The molecule has 53 heavy (non-hydrogen) atoms. The molecule has 0 radical (unpaired) electrons. The number of alkyl halides is 4. The van der Waals surface area contributed by atoms with Gasteiger partial charge in [0.25, 0.3) is 0 Å². The van der Waals surface area contributed by atoms with E-state index in [0.717, 1.165) is 24.6 Å². The minimum Gasteiger partial charge on any atom is -0.461 e. The maximum Gasteiger partial charge on any atom is 0.417 e. The Hall–Kier alpha value is -4.70. The lowest BCUT2D eigenvalue weighted by Crippen LogP contribution is -2.43. The van der Waals surface area contributed by atoms with E-state index in [0.29, 0.717) is 42.4 Å². The molecule has 3 N–H and O–H groups in total. The van der Waals surface area contributed by atoms with E-state index in [2.05, 4.69) is 15.0 Å². The number of fused-ring (bicyclic) bond motifs is 4. The summed E-state index contributed by atoms with van der Waals surface area (Å²) in [6, 6.07) is 4.16. The van der Waals surface area contributed by atoms with Crippen LogP contribution in [0.15, 0.2) is 24.4 Å². The molecule has 2 fully saturated rings. The van der Waals surface area contributed by atoms with Crippen molar-refractivity contribution in [3.8, 4) is 23.2 Å². The molecule has 3 aromatic heterocycles. The van der Waals surface area contributed by atoms with Crippen molar-refractivity contribution in [3.63, 3.8) is 0 Å². The van der Waals surface area contributed by atoms with Crippen LogP contribution in [0.5, 0.6) is 6.01 Å². The molecule has 5 aromatic rings. The molecule has 2 aromatic carbocycles. The Morgan fingerprint density at radius 3 is 2.72 bits per heavy atom. The summed E-state index contributed by atoms with van der Waals surface area (Å²) in [4.78, 5) is 18.7. The molecule has 0 saturated carbocycles. The van der Waals surface area contributed by atoms with E-state index in [1.165, 1.54) is 0 Å². The molecular weight excluding hydrogens is 725 g/mol. The number of anilines is 2. The number of rotatable bonds is 7. The van der Waals surface area contributed by atoms with Crippen LogP contribution in [0.25, 0.3) is 32.1 Å². The third-order valence-electron chi connectivity index (χ3n) is 10.5.